The number of benzene rings is 1. The summed E-state index contributed by atoms with van der Waals surface area (Å²) in [6, 6.07) is 14.3. The summed E-state index contributed by atoms with van der Waals surface area (Å²) in [6.45, 7) is 50.6. The number of fused-ring (bicyclic) bond motifs is 8. The molecular weight excluding hydrogens is 1800 g/mol. The first-order chi connectivity index (χ1) is 59.9. The van der Waals surface area contributed by atoms with E-state index in [-0.39, 0.29) is 168 Å². The summed E-state index contributed by atoms with van der Waals surface area (Å²) in [4.78, 5) is 19.8. The fourth-order valence-electron chi connectivity index (χ4n) is 15.9. The number of aliphatic hydroxyl groups excluding tert-OH is 8. The summed E-state index contributed by atoms with van der Waals surface area (Å²) in [5.41, 5.74) is 4.73. The maximum atomic E-state index is 9.51. The first-order valence-electron chi connectivity index (χ1n) is 44.0. The average Bonchev–Trinajstić information content (AvgIpc) is 1.57. The van der Waals surface area contributed by atoms with Crippen LogP contribution in [0.15, 0.2) is 79.9 Å². The van der Waals surface area contributed by atoms with Crippen LogP contribution >= 0.6 is 22.7 Å². The molecule has 0 aliphatic carbocycles. The van der Waals surface area contributed by atoms with E-state index in [0.29, 0.717) is 10.8 Å². The molecule has 0 bridgehead atoms. The van der Waals surface area contributed by atoms with E-state index in [2.05, 4.69) is 103 Å². The number of aryl methyl sites for hydroxylation is 3. The standard InChI is InChI=1S/C16H21N3O3.C9H15ClO3.C9H16O5.C9H14O4.C9H16O4.C8H14O5.C7H7N3.C7H8.C6H15ClSi.C5H10O5.C4H8O.5CH4.B/c1-5-11-12-13(22-16(3,4)21-12)15(20-11)19-7-6-10-9(2)17-8-18-14(10)19;1-4-5-6-7(8(10)11-5)13-9(2,3)12-6;1-9(2)13-6-5(4-10)12-8(11-3)7(6)14-9;1-5-6-7(8(10-4)11-5)13-9(2,3)12-6;1-4-5-6-7(8(10)11-5)13-9(2,3)12-6;1-8(2)12-5-4(3-9)11-7(10)6(5)13-8;1-5-6-2-3-8-7(6)10-4-9-5;1-7-5-3-2-4-6-7;1-6(2,3)8(4,5)7;6-1-2-3(7)4(8)5(9)10-2;1-2-4-5-3-1;;;;;;/h6-8,11-13,15H,5H2,1-4H3;5-8H,4H2,1-3H3;5-8,10H,4H2,1-3H3;6-8H,1H2,2-4H3;5-8,10H,4H2,1-3H3;4-7,9-10H,3H2,1-2H3;2-4H,1H3,(H,8,9,10);2-6H,1H3;1-5H3;2-9H,1H2;1-4H2;5*1H4;/t11-,12+,13+,15+;5-,6+,7+,8-;5-,6+,7+,8?;6-,7-,8?;5-,6+,7+,8?;4-,5+,6+,7?;;;;2-,3+,4+,5?;;;;;;;/m000100...0......./s1. The number of aliphatic hydroxyl groups is 8. The van der Waals surface area contributed by atoms with Crippen molar-refractivity contribution in [1.82, 2.24) is 29.5 Å². The number of nitrogens with zero attached hydrogens (tertiary/aromatic N) is 5. The van der Waals surface area contributed by atoms with Crippen molar-refractivity contribution in [2.75, 3.05) is 47.3 Å². The van der Waals surface area contributed by atoms with Crippen molar-refractivity contribution in [1.29, 1.82) is 0 Å². The number of H-pyrrole nitrogens is 1. The third kappa shape index (κ3) is 32.1. The molecule has 19 rings (SSSR count). The van der Waals surface area contributed by atoms with Crippen LogP contribution in [0, 0.1) is 20.8 Å². The zero-order valence-electron chi connectivity index (χ0n) is 79.3. The molecule has 0 amide bonds. The third-order valence-corrected chi connectivity index (χ3v) is 28.8. The number of alkyl halides is 1. The highest BCUT2D eigenvalue weighted by atomic mass is 35.6. The van der Waals surface area contributed by atoms with Gasteiger partial charge in [0.25, 0.3) is 0 Å². The SMILES string of the molecule is C.C.C.C.C.C1CCOC1.C=C1OC(OC)[C@@H]2OC(C)(C)O[C@H]12.CC(C)(C)[Si](C)(C)Cl.CC1(C)O[C@@H]2[C@H](CO)OC(O)[C@@H]2O1.CC[C@@H]1OC(O)[C@@H]2OC(C)(C)O[C@H]12.CC[C@@H]1O[C@@H](n2ccc3c(C)ncnc32)[C@@H]2OC(C)(C)O[C@@H]21.CC[C@@H]1O[C@H](Cl)[C@@H]2OC(C)(C)O[C@@H]21.COC1O[C@@H](CO)[C@H]2OC(C)(C)O[C@@H]12.Cc1ccccc1.Cc1ncnc2[nH]ccc12.OC[C@@H]1OC(O)[C@H](O)[C@@H]1O.[B]. The second kappa shape index (κ2) is 52.6. The van der Waals surface area contributed by atoms with Crippen molar-refractivity contribution in [2.45, 2.75) is 433 Å². The van der Waals surface area contributed by atoms with E-state index in [0.717, 1.165) is 65.9 Å². The van der Waals surface area contributed by atoms with E-state index in [9.17, 15) is 10.2 Å². The van der Waals surface area contributed by atoms with Crippen LogP contribution in [0.25, 0.3) is 22.1 Å². The van der Waals surface area contributed by atoms with E-state index < -0.39 is 104 Å². The lowest BCUT2D eigenvalue weighted by atomic mass is 10.1. The monoisotopic (exact) mass is 1970 g/mol. The number of halogens is 2. The lowest BCUT2D eigenvalue weighted by Gasteiger charge is -2.29. The van der Waals surface area contributed by atoms with Gasteiger partial charge in [-0.3, -0.25) is 0 Å². The Morgan fingerprint density at radius 1 is 0.478 bits per heavy atom. The van der Waals surface area contributed by atoms with Crippen molar-refractivity contribution in [3.8, 4) is 0 Å². The molecule has 4 aromatic heterocycles. The Morgan fingerprint density at radius 2 is 0.873 bits per heavy atom. The number of aromatic nitrogens is 6. The predicted octanol–water partition coefficient (Wildman–Crippen LogP) is 12.7. The van der Waals surface area contributed by atoms with Gasteiger partial charge < -0.3 is 155 Å². The Kier molecular flexibility index (Phi) is 48.6. The Bertz CT molecular complexity index is 4060. The molecule has 36 nitrogen and oxygen atoms in total. The van der Waals surface area contributed by atoms with Gasteiger partial charge in [-0.25, -0.2) is 19.9 Å². The summed E-state index contributed by atoms with van der Waals surface area (Å²) in [5, 5.41) is 74.3. The Labute approximate surface area is 807 Å². The minimum atomic E-state index is -1.39. The van der Waals surface area contributed by atoms with Crippen LogP contribution in [0.5, 0.6) is 0 Å². The molecule has 14 aliphatic heterocycles. The maximum Gasteiger partial charge on any atom is 0.228 e. The number of ether oxygens (including phenoxy) is 22. The molecule has 5 aromatic rings. The van der Waals surface area contributed by atoms with E-state index in [4.69, 9.17) is 153 Å². The van der Waals surface area contributed by atoms with Gasteiger partial charge in [0.15, 0.2) is 85.2 Å². The van der Waals surface area contributed by atoms with E-state index in [1.807, 2.05) is 137 Å². The molecular formula is C94H164BCl2N6O30Si. The van der Waals surface area contributed by atoms with E-state index >= 15 is 0 Å². The number of methoxy groups -OCH3 is 2. The molecule has 0 spiro atoms. The smallest absolute Gasteiger partial charge is 0.228 e. The summed E-state index contributed by atoms with van der Waals surface area (Å²) in [5.74, 6) is -2.98. The van der Waals surface area contributed by atoms with Crippen molar-refractivity contribution in [3.63, 3.8) is 0 Å². The summed E-state index contributed by atoms with van der Waals surface area (Å²) in [7, 11) is 1.74. The largest absolute Gasteiger partial charge is 0.464 e. The number of aromatic amines is 1. The second-order valence-corrected chi connectivity index (χ2v) is 44.9. The van der Waals surface area contributed by atoms with Crippen LogP contribution in [-0.4, -0.2) is 327 Å². The van der Waals surface area contributed by atoms with E-state index in [1.165, 1.54) is 18.4 Å². The van der Waals surface area contributed by atoms with Gasteiger partial charge in [0.1, 0.15) is 127 Å². The molecule has 0 saturated carbocycles. The molecule has 14 saturated heterocycles. The van der Waals surface area contributed by atoms with Crippen molar-refractivity contribution in [2.24, 2.45) is 0 Å². The third-order valence-electron chi connectivity index (χ3n) is 23.2. The Hall–Kier alpha value is -4.30. The molecule has 771 valence electrons. The topological polar surface area (TPSA) is 437 Å². The highest BCUT2D eigenvalue weighted by molar-refractivity contribution is 7.20. The fourth-order valence-corrected chi connectivity index (χ4v) is 16.2. The summed E-state index contributed by atoms with van der Waals surface area (Å²) in [6.07, 6.45) is 1.40. The molecule has 3 radical (unpaired) electrons. The van der Waals surface area contributed by atoms with E-state index in [1.54, 1.807) is 40.7 Å². The quantitative estimate of drug-likeness (QED) is 0.0376. The van der Waals surface area contributed by atoms with Crippen LogP contribution in [0.4, 0.5) is 0 Å². The predicted molar refractivity (Wildman–Crippen MR) is 509 cm³/mol. The lowest BCUT2D eigenvalue weighted by Crippen LogP contribution is -2.33. The minimum absolute atomic E-state index is 0. The number of hydrogen-bond acceptors (Lipinski definition) is 34. The number of nitrogens with one attached hydrogen (secondary N) is 1. The highest BCUT2D eigenvalue weighted by Gasteiger charge is 2.60. The average molecular weight is 1970 g/mol. The van der Waals surface area contributed by atoms with Crippen molar-refractivity contribution >= 4 is 60.5 Å². The van der Waals surface area contributed by atoms with Gasteiger partial charge in [-0.2, -0.15) is 11.1 Å². The molecule has 40 heteroatoms. The van der Waals surface area contributed by atoms with Gasteiger partial charge in [-0.05, 0) is 153 Å². The number of rotatable bonds is 9. The van der Waals surface area contributed by atoms with Gasteiger partial charge in [0, 0.05) is 59.0 Å². The summed E-state index contributed by atoms with van der Waals surface area (Å²) < 4.78 is 122. The van der Waals surface area contributed by atoms with Gasteiger partial charge >= 0.3 is 0 Å². The first-order valence-corrected chi connectivity index (χ1v) is 48.5. The van der Waals surface area contributed by atoms with Crippen LogP contribution < -0.4 is 0 Å². The van der Waals surface area contributed by atoms with Crippen LogP contribution in [-0.2, 0) is 104 Å². The Balaban J connectivity index is 0.000000384. The molecule has 134 heavy (non-hydrogen) atoms. The van der Waals surface area contributed by atoms with Gasteiger partial charge in [-0.15, -0.1) is 0 Å². The number of hydrogen-bond donors (Lipinski definition) is 9. The zero-order valence-corrected chi connectivity index (χ0v) is 81.9. The zero-order chi connectivity index (χ0) is 94.7. The molecule has 14 fully saturated rings. The van der Waals surface area contributed by atoms with Gasteiger partial charge in [0.05, 0.1) is 49.5 Å². The first kappa shape index (κ1) is 124. The fraction of sp³-hybridized carbons (Fsp3) is 0.787. The summed E-state index contributed by atoms with van der Waals surface area (Å²) >= 11 is 12.1. The lowest BCUT2D eigenvalue weighted by molar-refractivity contribution is -0.230. The second-order valence-electron chi connectivity index (χ2n) is 37.2. The normalized spacial score (nSPS) is 34.8. The van der Waals surface area contributed by atoms with Crippen LogP contribution in [0.1, 0.15) is 217 Å². The minimum Gasteiger partial charge on any atom is -0.464 e. The highest BCUT2D eigenvalue weighted by Crippen LogP contribution is 2.48. The van der Waals surface area contributed by atoms with Crippen molar-refractivity contribution < 1.29 is 145 Å². The van der Waals surface area contributed by atoms with Gasteiger partial charge in [-0.1, -0.05) is 146 Å². The van der Waals surface area contributed by atoms with Crippen LogP contribution in [0.3, 0.4) is 0 Å². The maximum absolute atomic E-state index is 9.51. The molecule has 27 atom stereocenters. The molecule has 5 unspecified atom stereocenters. The molecule has 14 aliphatic rings. The van der Waals surface area contributed by atoms with Crippen molar-refractivity contribution in [3.05, 3.63) is 96.8 Å². The Morgan fingerprint density at radius 3 is 1.31 bits per heavy atom. The van der Waals surface area contributed by atoms with Gasteiger partial charge in [0.2, 0.25) is 6.29 Å². The van der Waals surface area contributed by atoms with Crippen LogP contribution in [0.2, 0.25) is 18.1 Å². The molecule has 9 N–H and O–H groups in total. The molecule has 18 heterocycles. The molecule has 1 aromatic carbocycles.